The number of hydrogen-bond donors (Lipinski definition) is 1. The quantitative estimate of drug-likeness (QED) is 0.738. The number of nitrogens with one attached hydrogen (secondary N) is 1. The molecule has 1 nitrogen and oxygen atoms in total. The second kappa shape index (κ2) is 5.33. The van der Waals surface area contributed by atoms with E-state index in [1.807, 2.05) is 12.1 Å². The van der Waals surface area contributed by atoms with Gasteiger partial charge >= 0.3 is 0 Å². The molecule has 2 heteroatoms. The number of benzene rings is 1. The van der Waals surface area contributed by atoms with Crippen molar-refractivity contribution < 1.29 is 4.39 Å². The van der Waals surface area contributed by atoms with Crippen molar-refractivity contribution in [2.45, 2.75) is 45.1 Å². The van der Waals surface area contributed by atoms with E-state index >= 15 is 0 Å². The van der Waals surface area contributed by atoms with E-state index in [9.17, 15) is 4.39 Å². The predicted octanol–water partition coefficient (Wildman–Crippen LogP) is 4.21. The topological polar surface area (TPSA) is 12.0 Å². The third kappa shape index (κ3) is 2.97. The van der Waals surface area contributed by atoms with Gasteiger partial charge in [-0.15, -0.1) is 0 Å². The fraction of sp³-hybridized carbons (Fsp3) is 0.571. The van der Waals surface area contributed by atoms with E-state index in [1.165, 1.54) is 31.7 Å². The van der Waals surface area contributed by atoms with Crippen molar-refractivity contribution in [3.8, 4) is 0 Å². The van der Waals surface area contributed by atoms with Gasteiger partial charge in [-0.2, -0.15) is 0 Å². The minimum Gasteiger partial charge on any atom is -0.380 e. The average Bonchev–Trinajstić information content (AvgIpc) is 2.47. The van der Waals surface area contributed by atoms with Gasteiger partial charge in [0.15, 0.2) is 0 Å². The van der Waals surface area contributed by atoms with Gasteiger partial charge in [0.1, 0.15) is 5.82 Å². The highest BCUT2D eigenvalue weighted by molar-refractivity contribution is 5.45. The van der Waals surface area contributed by atoms with Crippen LogP contribution in [0.5, 0.6) is 0 Å². The molecule has 88 valence electrons. The van der Waals surface area contributed by atoms with E-state index in [-0.39, 0.29) is 5.82 Å². The zero-order valence-electron chi connectivity index (χ0n) is 9.88. The molecule has 1 aromatic carbocycles. The normalized spacial score (nSPS) is 26.1. The van der Waals surface area contributed by atoms with Crippen molar-refractivity contribution in [3.05, 3.63) is 30.1 Å². The van der Waals surface area contributed by atoms with Crippen LogP contribution in [0.2, 0.25) is 0 Å². The Morgan fingerprint density at radius 3 is 2.75 bits per heavy atom. The lowest BCUT2D eigenvalue weighted by Crippen LogP contribution is -2.19. The summed E-state index contributed by atoms with van der Waals surface area (Å²) in [4.78, 5) is 0. The summed E-state index contributed by atoms with van der Waals surface area (Å²) in [7, 11) is 0. The fourth-order valence-electron chi connectivity index (χ4n) is 2.43. The van der Waals surface area contributed by atoms with Gasteiger partial charge in [-0.05, 0) is 37.3 Å². The van der Waals surface area contributed by atoms with Crippen molar-refractivity contribution >= 4 is 5.69 Å². The molecule has 1 N–H and O–H groups in total. The summed E-state index contributed by atoms with van der Waals surface area (Å²) in [6.45, 7) is 2.31. The lowest BCUT2D eigenvalue weighted by molar-refractivity contribution is 0.501. The van der Waals surface area contributed by atoms with Crippen molar-refractivity contribution in [1.29, 1.82) is 0 Å². The highest BCUT2D eigenvalue weighted by Gasteiger charge is 2.16. The van der Waals surface area contributed by atoms with Gasteiger partial charge in [-0.3, -0.25) is 0 Å². The van der Waals surface area contributed by atoms with E-state index in [1.54, 1.807) is 6.07 Å². The highest BCUT2D eigenvalue weighted by atomic mass is 19.1. The smallest absolute Gasteiger partial charge is 0.146 e. The van der Waals surface area contributed by atoms with Gasteiger partial charge in [0.25, 0.3) is 0 Å². The molecule has 1 aliphatic rings. The molecule has 2 unspecified atom stereocenters. The molecule has 0 aliphatic heterocycles. The summed E-state index contributed by atoms with van der Waals surface area (Å²) in [5.74, 6) is 0.687. The summed E-state index contributed by atoms with van der Waals surface area (Å²) in [5.41, 5.74) is 0.655. The molecule has 0 bridgehead atoms. The Bertz CT molecular complexity index is 337. The summed E-state index contributed by atoms with van der Waals surface area (Å²) in [6, 6.07) is 7.40. The first-order valence-corrected chi connectivity index (χ1v) is 6.27. The van der Waals surface area contributed by atoms with Crippen LogP contribution in [0.15, 0.2) is 24.3 Å². The Labute approximate surface area is 97.1 Å². The van der Waals surface area contributed by atoms with E-state index in [4.69, 9.17) is 0 Å². The first kappa shape index (κ1) is 11.4. The Balaban J connectivity index is 1.96. The monoisotopic (exact) mass is 221 g/mol. The number of rotatable bonds is 2. The molecule has 0 saturated heterocycles. The molecule has 1 aromatic rings. The molecule has 0 aromatic heterocycles. The summed E-state index contributed by atoms with van der Waals surface area (Å²) in [5, 5.41) is 3.33. The molecule has 2 rings (SSSR count). The molecule has 2 atom stereocenters. The zero-order valence-corrected chi connectivity index (χ0v) is 9.88. The molecular formula is C14H20FN. The van der Waals surface area contributed by atoms with Crippen LogP contribution in [-0.4, -0.2) is 6.04 Å². The zero-order chi connectivity index (χ0) is 11.4. The first-order valence-electron chi connectivity index (χ1n) is 6.27. The molecule has 0 radical (unpaired) electrons. The SMILES string of the molecule is CC1CCCC(Nc2ccccc2F)CC1. The van der Waals surface area contributed by atoms with Crippen LogP contribution >= 0.6 is 0 Å². The molecule has 0 amide bonds. The third-order valence-corrected chi connectivity index (χ3v) is 3.49. The van der Waals surface area contributed by atoms with E-state index in [0.717, 1.165) is 12.3 Å². The molecule has 1 aliphatic carbocycles. The summed E-state index contributed by atoms with van der Waals surface area (Å²) < 4.78 is 13.5. The van der Waals surface area contributed by atoms with Gasteiger partial charge < -0.3 is 5.32 Å². The van der Waals surface area contributed by atoms with Crippen LogP contribution in [-0.2, 0) is 0 Å². The van der Waals surface area contributed by atoms with E-state index in [0.29, 0.717) is 11.7 Å². The van der Waals surface area contributed by atoms with Crippen LogP contribution in [0.1, 0.15) is 39.0 Å². The van der Waals surface area contributed by atoms with Crippen LogP contribution in [0, 0.1) is 11.7 Å². The third-order valence-electron chi connectivity index (χ3n) is 3.49. The maximum atomic E-state index is 13.5. The van der Waals surface area contributed by atoms with E-state index in [2.05, 4.69) is 12.2 Å². The van der Waals surface area contributed by atoms with E-state index < -0.39 is 0 Å². The first-order chi connectivity index (χ1) is 7.75. The molecule has 1 saturated carbocycles. The van der Waals surface area contributed by atoms with Crippen molar-refractivity contribution in [2.75, 3.05) is 5.32 Å². The number of hydrogen-bond acceptors (Lipinski definition) is 1. The lowest BCUT2D eigenvalue weighted by atomic mass is 10.0. The Morgan fingerprint density at radius 1 is 1.12 bits per heavy atom. The highest BCUT2D eigenvalue weighted by Crippen LogP contribution is 2.25. The average molecular weight is 221 g/mol. The van der Waals surface area contributed by atoms with Crippen molar-refractivity contribution in [2.24, 2.45) is 5.92 Å². The number of halogens is 1. The fourth-order valence-corrected chi connectivity index (χ4v) is 2.43. The molecule has 1 fully saturated rings. The predicted molar refractivity (Wildman–Crippen MR) is 66.1 cm³/mol. The van der Waals surface area contributed by atoms with Crippen LogP contribution in [0.4, 0.5) is 10.1 Å². The van der Waals surface area contributed by atoms with Gasteiger partial charge in [0.2, 0.25) is 0 Å². The number of para-hydroxylation sites is 1. The maximum absolute atomic E-state index is 13.5. The summed E-state index contributed by atoms with van der Waals surface area (Å²) >= 11 is 0. The maximum Gasteiger partial charge on any atom is 0.146 e. The second-order valence-corrected chi connectivity index (χ2v) is 4.93. The largest absolute Gasteiger partial charge is 0.380 e. The Morgan fingerprint density at radius 2 is 1.94 bits per heavy atom. The minimum atomic E-state index is -0.139. The van der Waals surface area contributed by atoms with Crippen LogP contribution in [0.25, 0.3) is 0 Å². The Kier molecular flexibility index (Phi) is 3.81. The molecule has 16 heavy (non-hydrogen) atoms. The Hall–Kier alpha value is -1.05. The van der Waals surface area contributed by atoms with Gasteiger partial charge in [-0.1, -0.05) is 31.9 Å². The second-order valence-electron chi connectivity index (χ2n) is 4.93. The van der Waals surface area contributed by atoms with Gasteiger partial charge in [0.05, 0.1) is 5.69 Å². The molecule has 0 spiro atoms. The lowest BCUT2D eigenvalue weighted by Gasteiger charge is -2.18. The summed E-state index contributed by atoms with van der Waals surface area (Å²) in [6.07, 6.45) is 6.16. The minimum absolute atomic E-state index is 0.139. The van der Waals surface area contributed by atoms with Crippen molar-refractivity contribution in [1.82, 2.24) is 0 Å². The molecule has 0 heterocycles. The standard InChI is InChI=1S/C14H20FN/c1-11-5-4-6-12(10-9-11)16-14-8-3-2-7-13(14)15/h2-3,7-8,11-12,16H,4-6,9-10H2,1H3. The van der Waals surface area contributed by atoms with Crippen LogP contribution < -0.4 is 5.32 Å². The molecular weight excluding hydrogens is 201 g/mol. The number of anilines is 1. The van der Waals surface area contributed by atoms with Crippen LogP contribution in [0.3, 0.4) is 0 Å². The van der Waals surface area contributed by atoms with Crippen molar-refractivity contribution in [3.63, 3.8) is 0 Å². The van der Waals surface area contributed by atoms with Gasteiger partial charge in [0, 0.05) is 6.04 Å². The van der Waals surface area contributed by atoms with Gasteiger partial charge in [-0.25, -0.2) is 4.39 Å².